The fourth-order valence-electron chi connectivity index (χ4n) is 2.53. The van der Waals surface area contributed by atoms with Gasteiger partial charge in [0.05, 0.1) is 8.95 Å². The molecule has 0 fully saturated rings. The third-order valence-corrected chi connectivity index (χ3v) is 5.10. The number of hydrogen-bond donors (Lipinski definition) is 3. The lowest BCUT2D eigenvalue weighted by atomic mass is 10.0. The minimum Gasteiger partial charge on any atom is -0.508 e. The SMILES string of the molecule is CC(C)c1cc(Oc2c(Br)cc(NC(=O)CCCC(=O)O)cc2Br)ccc1O. The Labute approximate surface area is 180 Å². The zero-order chi connectivity index (χ0) is 20.8. The number of amides is 1. The molecule has 0 saturated heterocycles. The number of carboxylic acid groups (broad SMARTS) is 1. The average Bonchev–Trinajstić information content (AvgIpc) is 2.58. The molecule has 8 heteroatoms. The summed E-state index contributed by atoms with van der Waals surface area (Å²) in [5.41, 5.74) is 1.34. The molecule has 0 saturated carbocycles. The Morgan fingerprint density at radius 3 is 2.32 bits per heavy atom. The van der Waals surface area contributed by atoms with E-state index in [0.29, 0.717) is 26.1 Å². The number of hydrogen-bond acceptors (Lipinski definition) is 4. The van der Waals surface area contributed by atoms with Gasteiger partial charge in [-0.2, -0.15) is 0 Å². The molecule has 2 aromatic carbocycles. The van der Waals surface area contributed by atoms with Gasteiger partial charge in [-0.1, -0.05) is 13.8 Å². The van der Waals surface area contributed by atoms with Crippen LogP contribution in [0.15, 0.2) is 39.3 Å². The Morgan fingerprint density at radius 1 is 1.11 bits per heavy atom. The maximum absolute atomic E-state index is 11.9. The van der Waals surface area contributed by atoms with Crippen LogP contribution in [-0.2, 0) is 9.59 Å². The maximum atomic E-state index is 11.9. The van der Waals surface area contributed by atoms with Crippen molar-refractivity contribution in [3.63, 3.8) is 0 Å². The van der Waals surface area contributed by atoms with Crippen LogP contribution in [0.2, 0.25) is 0 Å². The van der Waals surface area contributed by atoms with Gasteiger partial charge in [0.2, 0.25) is 5.91 Å². The number of aliphatic carboxylic acids is 1. The van der Waals surface area contributed by atoms with Gasteiger partial charge in [-0.15, -0.1) is 0 Å². The number of carbonyl (C=O) groups excluding carboxylic acids is 1. The fraction of sp³-hybridized carbons (Fsp3) is 0.300. The zero-order valence-corrected chi connectivity index (χ0v) is 18.6. The van der Waals surface area contributed by atoms with Gasteiger partial charge in [-0.25, -0.2) is 0 Å². The van der Waals surface area contributed by atoms with Gasteiger partial charge < -0.3 is 20.3 Å². The van der Waals surface area contributed by atoms with E-state index in [4.69, 9.17) is 9.84 Å². The van der Waals surface area contributed by atoms with Crippen molar-refractivity contribution >= 4 is 49.4 Å². The second-order valence-corrected chi connectivity index (χ2v) is 8.25. The van der Waals surface area contributed by atoms with E-state index < -0.39 is 5.97 Å². The molecule has 0 aromatic heterocycles. The molecule has 6 nitrogen and oxygen atoms in total. The van der Waals surface area contributed by atoms with Crippen molar-refractivity contribution in [2.24, 2.45) is 0 Å². The van der Waals surface area contributed by atoms with Crippen LogP contribution in [0, 0.1) is 0 Å². The lowest BCUT2D eigenvalue weighted by molar-refractivity contribution is -0.137. The number of carboxylic acids is 1. The first kappa shape index (κ1) is 22.2. The van der Waals surface area contributed by atoms with E-state index in [9.17, 15) is 14.7 Å². The van der Waals surface area contributed by atoms with E-state index in [1.807, 2.05) is 13.8 Å². The average molecular weight is 515 g/mol. The maximum Gasteiger partial charge on any atom is 0.303 e. The normalized spacial score (nSPS) is 10.8. The monoisotopic (exact) mass is 513 g/mol. The topological polar surface area (TPSA) is 95.9 Å². The Balaban J connectivity index is 2.12. The van der Waals surface area contributed by atoms with E-state index in [2.05, 4.69) is 37.2 Å². The number of ether oxygens (including phenoxy) is 1. The first-order chi connectivity index (χ1) is 13.2. The predicted octanol–water partition coefficient (Wildman–Crippen LogP) is 6.03. The molecule has 0 heterocycles. The summed E-state index contributed by atoms with van der Waals surface area (Å²) >= 11 is 6.89. The van der Waals surface area contributed by atoms with Gasteiger partial charge in [-0.05, 0) is 74.5 Å². The number of phenolic OH excluding ortho intramolecular Hbond substituents is 1. The van der Waals surface area contributed by atoms with Crippen molar-refractivity contribution in [2.75, 3.05) is 5.32 Å². The van der Waals surface area contributed by atoms with E-state index in [1.165, 1.54) is 0 Å². The Kier molecular flexibility index (Phi) is 7.88. The van der Waals surface area contributed by atoms with E-state index in [1.54, 1.807) is 30.3 Å². The van der Waals surface area contributed by atoms with Crippen molar-refractivity contribution in [3.8, 4) is 17.2 Å². The Morgan fingerprint density at radius 2 is 1.75 bits per heavy atom. The quantitative estimate of drug-likeness (QED) is 0.400. The Hall–Kier alpha value is -2.06. The number of rotatable bonds is 8. The largest absolute Gasteiger partial charge is 0.508 e. The number of carbonyl (C=O) groups is 2. The summed E-state index contributed by atoms with van der Waals surface area (Å²) in [6, 6.07) is 8.48. The summed E-state index contributed by atoms with van der Waals surface area (Å²) in [4.78, 5) is 22.5. The molecule has 28 heavy (non-hydrogen) atoms. The van der Waals surface area contributed by atoms with Crippen LogP contribution in [0.5, 0.6) is 17.2 Å². The van der Waals surface area contributed by atoms with Crippen molar-refractivity contribution in [1.29, 1.82) is 0 Å². The minimum absolute atomic E-state index is 0.0431. The van der Waals surface area contributed by atoms with Crippen LogP contribution in [0.3, 0.4) is 0 Å². The van der Waals surface area contributed by atoms with Gasteiger partial charge in [0.1, 0.15) is 11.5 Å². The van der Waals surface area contributed by atoms with E-state index >= 15 is 0 Å². The molecule has 0 aliphatic heterocycles. The van der Waals surface area contributed by atoms with Crippen LogP contribution in [0.25, 0.3) is 0 Å². The molecule has 0 aliphatic carbocycles. The van der Waals surface area contributed by atoms with Crippen molar-refractivity contribution < 1.29 is 24.5 Å². The smallest absolute Gasteiger partial charge is 0.303 e. The minimum atomic E-state index is -0.922. The molecule has 2 aromatic rings. The number of phenols is 1. The molecule has 3 N–H and O–H groups in total. The van der Waals surface area contributed by atoms with Crippen LogP contribution in [0.4, 0.5) is 5.69 Å². The molecule has 0 aliphatic rings. The van der Waals surface area contributed by atoms with Gasteiger partial charge in [0.15, 0.2) is 5.75 Å². The summed E-state index contributed by atoms with van der Waals surface area (Å²) in [7, 11) is 0. The molecule has 0 atom stereocenters. The van der Waals surface area contributed by atoms with E-state index in [-0.39, 0.29) is 36.8 Å². The molecule has 150 valence electrons. The lowest BCUT2D eigenvalue weighted by Crippen LogP contribution is -2.12. The van der Waals surface area contributed by atoms with Gasteiger partial charge in [-0.3, -0.25) is 9.59 Å². The van der Waals surface area contributed by atoms with Crippen molar-refractivity contribution in [2.45, 2.75) is 39.0 Å². The van der Waals surface area contributed by atoms with Crippen LogP contribution in [-0.4, -0.2) is 22.1 Å². The number of nitrogens with one attached hydrogen (secondary N) is 1. The van der Waals surface area contributed by atoms with Gasteiger partial charge in [0, 0.05) is 24.1 Å². The van der Waals surface area contributed by atoms with Gasteiger partial charge in [0.25, 0.3) is 0 Å². The second kappa shape index (κ2) is 9.93. The van der Waals surface area contributed by atoms with Crippen molar-refractivity contribution in [1.82, 2.24) is 0 Å². The molecule has 0 unspecified atom stereocenters. The highest BCUT2D eigenvalue weighted by atomic mass is 79.9. The summed E-state index contributed by atoms with van der Waals surface area (Å²) in [6.07, 6.45) is 0.369. The number of benzene rings is 2. The first-order valence-corrected chi connectivity index (χ1v) is 10.3. The van der Waals surface area contributed by atoms with E-state index in [0.717, 1.165) is 5.56 Å². The Bertz CT molecular complexity index is 860. The van der Waals surface area contributed by atoms with Gasteiger partial charge >= 0.3 is 5.97 Å². The first-order valence-electron chi connectivity index (χ1n) is 8.68. The second-order valence-electron chi connectivity index (χ2n) is 6.54. The van der Waals surface area contributed by atoms with Crippen LogP contribution in [0.1, 0.15) is 44.6 Å². The fourth-order valence-corrected chi connectivity index (χ4v) is 3.88. The molecular formula is C20H21Br2NO5. The number of halogens is 2. The molecule has 0 radical (unpaired) electrons. The standard InChI is InChI=1S/C20H21Br2NO5/c1-11(2)14-10-13(6-7-17(14)24)28-20-15(21)8-12(9-16(20)22)23-18(25)4-3-5-19(26)27/h6-11,24H,3-5H2,1-2H3,(H,23,25)(H,26,27). The highest BCUT2D eigenvalue weighted by molar-refractivity contribution is 9.11. The summed E-state index contributed by atoms with van der Waals surface area (Å²) < 4.78 is 7.21. The third kappa shape index (κ3) is 6.24. The summed E-state index contributed by atoms with van der Waals surface area (Å²) in [6.45, 7) is 3.97. The zero-order valence-electron chi connectivity index (χ0n) is 15.5. The number of aromatic hydroxyl groups is 1. The molecular weight excluding hydrogens is 494 g/mol. The molecule has 1 amide bonds. The van der Waals surface area contributed by atoms with Crippen LogP contribution < -0.4 is 10.1 Å². The molecule has 0 spiro atoms. The predicted molar refractivity (Wildman–Crippen MR) is 114 cm³/mol. The van der Waals surface area contributed by atoms with Crippen LogP contribution >= 0.6 is 31.9 Å². The highest BCUT2D eigenvalue weighted by Crippen LogP contribution is 2.40. The molecule has 2 rings (SSSR count). The molecule has 0 bridgehead atoms. The highest BCUT2D eigenvalue weighted by Gasteiger charge is 2.14. The van der Waals surface area contributed by atoms with Crippen molar-refractivity contribution in [3.05, 3.63) is 44.8 Å². The third-order valence-electron chi connectivity index (χ3n) is 3.92. The summed E-state index contributed by atoms with van der Waals surface area (Å²) in [5, 5.41) is 21.3. The summed E-state index contributed by atoms with van der Waals surface area (Å²) in [5.74, 6) is 0.302. The number of anilines is 1. The lowest BCUT2D eigenvalue weighted by Gasteiger charge is -2.15.